The number of carbonyl (C=O) groups is 1. The molecule has 0 aliphatic carbocycles. The summed E-state index contributed by atoms with van der Waals surface area (Å²) in [6.07, 6.45) is -2.37. The SMILES string of the molecule is Cc1nn(C)cc1C(C)NC(=O)N1CCN(CC(F)(F)F)C(C)C1. The van der Waals surface area contributed by atoms with Crippen molar-refractivity contribution in [3.8, 4) is 0 Å². The normalized spacial score (nSPS) is 21.0. The van der Waals surface area contributed by atoms with Crippen LogP contribution >= 0.6 is 0 Å². The Morgan fingerprint density at radius 2 is 2.12 bits per heavy atom. The highest BCUT2D eigenvalue weighted by Crippen LogP contribution is 2.21. The Balaban J connectivity index is 1.91. The van der Waals surface area contributed by atoms with E-state index in [1.807, 2.05) is 27.1 Å². The highest BCUT2D eigenvalue weighted by molar-refractivity contribution is 5.75. The van der Waals surface area contributed by atoms with Crippen molar-refractivity contribution in [1.29, 1.82) is 0 Å². The molecule has 1 aliphatic heterocycles. The molecule has 2 unspecified atom stereocenters. The summed E-state index contributed by atoms with van der Waals surface area (Å²) >= 11 is 0. The van der Waals surface area contributed by atoms with Gasteiger partial charge in [0.05, 0.1) is 18.3 Å². The number of rotatable bonds is 3. The first kappa shape index (κ1) is 18.6. The highest BCUT2D eigenvalue weighted by Gasteiger charge is 2.36. The molecular formula is C15H24F3N5O. The van der Waals surface area contributed by atoms with Crippen LogP contribution < -0.4 is 5.32 Å². The van der Waals surface area contributed by atoms with Crippen LogP contribution in [0.15, 0.2) is 6.20 Å². The third-order valence-electron chi connectivity index (χ3n) is 4.29. The van der Waals surface area contributed by atoms with Crippen LogP contribution in [-0.2, 0) is 7.05 Å². The number of hydrogen-bond donors (Lipinski definition) is 1. The highest BCUT2D eigenvalue weighted by atomic mass is 19.4. The zero-order valence-electron chi connectivity index (χ0n) is 14.4. The first-order valence-electron chi connectivity index (χ1n) is 7.93. The van der Waals surface area contributed by atoms with Crippen LogP contribution in [0, 0.1) is 6.92 Å². The van der Waals surface area contributed by atoms with E-state index in [1.54, 1.807) is 16.5 Å². The van der Waals surface area contributed by atoms with Gasteiger partial charge in [0.1, 0.15) is 0 Å². The Kier molecular flexibility index (Phi) is 5.42. The van der Waals surface area contributed by atoms with Gasteiger partial charge in [0, 0.05) is 44.5 Å². The molecule has 0 bridgehead atoms. The molecule has 24 heavy (non-hydrogen) atoms. The lowest BCUT2D eigenvalue weighted by atomic mass is 10.1. The van der Waals surface area contributed by atoms with Gasteiger partial charge in [0.2, 0.25) is 0 Å². The van der Waals surface area contributed by atoms with Crippen LogP contribution in [0.25, 0.3) is 0 Å². The summed E-state index contributed by atoms with van der Waals surface area (Å²) in [7, 11) is 1.81. The summed E-state index contributed by atoms with van der Waals surface area (Å²) in [5.74, 6) is 0. The molecule has 1 saturated heterocycles. The summed E-state index contributed by atoms with van der Waals surface area (Å²) in [6.45, 7) is 5.29. The maximum absolute atomic E-state index is 12.5. The van der Waals surface area contributed by atoms with Gasteiger partial charge in [-0.1, -0.05) is 0 Å². The van der Waals surface area contributed by atoms with E-state index in [0.717, 1.165) is 11.3 Å². The monoisotopic (exact) mass is 347 g/mol. The number of aryl methyl sites for hydroxylation is 2. The lowest BCUT2D eigenvalue weighted by molar-refractivity contribution is -0.153. The Morgan fingerprint density at radius 3 is 2.62 bits per heavy atom. The summed E-state index contributed by atoms with van der Waals surface area (Å²) in [5, 5.41) is 7.14. The molecule has 2 atom stereocenters. The fourth-order valence-electron chi connectivity index (χ4n) is 3.04. The largest absolute Gasteiger partial charge is 0.401 e. The van der Waals surface area contributed by atoms with E-state index < -0.39 is 12.7 Å². The topological polar surface area (TPSA) is 53.4 Å². The second-order valence-corrected chi connectivity index (χ2v) is 6.40. The smallest absolute Gasteiger partial charge is 0.331 e. The number of piperazine rings is 1. The van der Waals surface area contributed by atoms with Gasteiger partial charge in [-0.15, -0.1) is 0 Å². The molecular weight excluding hydrogens is 323 g/mol. The molecule has 136 valence electrons. The van der Waals surface area contributed by atoms with Gasteiger partial charge in [-0.3, -0.25) is 9.58 Å². The van der Waals surface area contributed by atoms with Crippen LogP contribution in [0.4, 0.5) is 18.0 Å². The Hall–Kier alpha value is -1.77. The van der Waals surface area contributed by atoms with Gasteiger partial charge in [0.15, 0.2) is 0 Å². The Bertz CT molecular complexity index is 586. The van der Waals surface area contributed by atoms with Crippen molar-refractivity contribution >= 4 is 6.03 Å². The molecule has 0 aromatic carbocycles. The molecule has 2 rings (SSSR count). The summed E-state index contributed by atoms with van der Waals surface area (Å²) < 4.78 is 39.3. The molecule has 1 N–H and O–H groups in total. The van der Waals surface area contributed by atoms with Gasteiger partial charge in [0.25, 0.3) is 0 Å². The van der Waals surface area contributed by atoms with Crippen LogP contribution in [0.1, 0.15) is 31.1 Å². The minimum Gasteiger partial charge on any atom is -0.331 e. The fraction of sp³-hybridized carbons (Fsp3) is 0.733. The first-order valence-corrected chi connectivity index (χ1v) is 7.93. The van der Waals surface area contributed by atoms with Crippen molar-refractivity contribution in [3.63, 3.8) is 0 Å². The minimum absolute atomic E-state index is 0.213. The zero-order chi connectivity index (χ0) is 18.1. The standard InChI is InChI=1S/C15H24F3N5O/c1-10-7-22(5-6-23(10)9-15(16,17)18)14(24)19-11(2)13-8-21(4)20-12(13)3/h8,10-11H,5-7,9H2,1-4H3,(H,19,24). The molecule has 1 aliphatic rings. The molecule has 1 aromatic heterocycles. The summed E-state index contributed by atoms with van der Waals surface area (Å²) in [6, 6.07) is -0.805. The van der Waals surface area contributed by atoms with Crippen molar-refractivity contribution in [2.24, 2.45) is 7.05 Å². The van der Waals surface area contributed by atoms with Crippen molar-refractivity contribution < 1.29 is 18.0 Å². The predicted octanol–water partition coefficient (Wildman–Crippen LogP) is 2.07. The number of aromatic nitrogens is 2. The molecule has 0 spiro atoms. The van der Waals surface area contributed by atoms with E-state index in [1.165, 1.54) is 4.90 Å². The fourth-order valence-corrected chi connectivity index (χ4v) is 3.04. The molecule has 0 saturated carbocycles. The molecule has 2 amide bonds. The van der Waals surface area contributed by atoms with E-state index in [-0.39, 0.29) is 37.7 Å². The van der Waals surface area contributed by atoms with Crippen LogP contribution in [0.5, 0.6) is 0 Å². The molecule has 1 aromatic rings. The van der Waals surface area contributed by atoms with Crippen molar-refractivity contribution in [1.82, 2.24) is 24.9 Å². The molecule has 1 fully saturated rings. The average Bonchev–Trinajstić information content (AvgIpc) is 2.78. The second kappa shape index (κ2) is 7.00. The number of halogens is 3. The molecule has 0 radical (unpaired) electrons. The number of hydrogen-bond acceptors (Lipinski definition) is 3. The number of amides is 2. The first-order chi connectivity index (χ1) is 11.1. The third kappa shape index (κ3) is 4.62. The van der Waals surface area contributed by atoms with E-state index in [9.17, 15) is 18.0 Å². The van der Waals surface area contributed by atoms with Crippen LogP contribution in [0.3, 0.4) is 0 Å². The van der Waals surface area contributed by atoms with Crippen molar-refractivity contribution in [3.05, 3.63) is 17.5 Å². The lowest BCUT2D eigenvalue weighted by Crippen LogP contribution is -2.57. The van der Waals surface area contributed by atoms with E-state index >= 15 is 0 Å². The second-order valence-electron chi connectivity index (χ2n) is 6.40. The van der Waals surface area contributed by atoms with E-state index in [2.05, 4.69) is 10.4 Å². The summed E-state index contributed by atoms with van der Waals surface area (Å²) in [5.41, 5.74) is 1.77. The van der Waals surface area contributed by atoms with Gasteiger partial charge in [-0.2, -0.15) is 18.3 Å². The maximum Gasteiger partial charge on any atom is 0.401 e. The molecule has 9 heteroatoms. The number of alkyl halides is 3. The van der Waals surface area contributed by atoms with Gasteiger partial charge < -0.3 is 10.2 Å². The zero-order valence-corrected chi connectivity index (χ0v) is 14.4. The Labute approximate surface area is 139 Å². The number of carbonyl (C=O) groups excluding carboxylic acids is 1. The predicted molar refractivity (Wildman–Crippen MR) is 83.6 cm³/mol. The van der Waals surface area contributed by atoms with Gasteiger partial charge in [-0.05, 0) is 20.8 Å². The summed E-state index contributed by atoms with van der Waals surface area (Å²) in [4.78, 5) is 15.3. The lowest BCUT2D eigenvalue weighted by Gasteiger charge is -2.40. The average molecular weight is 347 g/mol. The van der Waals surface area contributed by atoms with E-state index in [0.29, 0.717) is 0 Å². The molecule has 2 heterocycles. The van der Waals surface area contributed by atoms with Crippen molar-refractivity contribution in [2.75, 3.05) is 26.2 Å². The number of nitrogens with one attached hydrogen (secondary N) is 1. The minimum atomic E-state index is -4.22. The Morgan fingerprint density at radius 1 is 1.46 bits per heavy atom. The van der Waals surface area contributed by atoms with Crippen LogP contribution in [0.2, 0.25) is 0 Å². The third-order valence-corrected chi connectivity index (χ3v) is 4.29. The maximum atomic E-state index is 12.5. The number of nitrogens with zero attached hydrogens (tertiary/aromatic N) is 4. The number of urea groups is 1. The van der Waals surface area contributed by atoms with E-state index in [4.69, 9.17) is 0 Å². The van der Waals surface area contributed by atoms with Crippen LogP contribution in [-0.4, -0.2) is 64.0 Å². The van der Waals surface area contributed by atoms with Gasteiger partial charge in [-0.25, -0.2) is 4.79 Å². The molecule has 6 nitrogen and oxygen atoms in total. The van der Waals surface area contributed by atoms with Crippen molar-refractivity contribution in [2.45, 2.75) is 39.0 Å². The van der Waals surface area contributed by atoms with Gasteiger partial charge >= 0.3 is 12.2 Å². The quantitative estimate of drug-likeness (QED) is 0.911.